The molecule has 0 unspecified atom stereocenters. The molecule has 1 N–H and O–H groups in total. The highest BCUT2D eigenvalue weighted by molar-refractivity contribution is 8.00. The van der Waals surface area contributed by atoms with Gasteiger partial charge in [-0.05, 0) is 56.2 Å². The minimum Gasteiger partial charge on any atom is -0.395 e. The zero-order valence-corrected chi connectivity index (χ0v) is 16.4. The number of thioether (sulfide) groups is 1. The monoisotopic (exact) mass is 346 g/mol. The Balaban J connectivity index is 1.97. The molecule has 1 aliphatic carbocycles. The Morgan fingerprint density at radius 3 is 2.50 bits per heavy atom. The molecule has 0 radical (unpaired) electrons. The second-order valence-electron chi connectivity index (χ2n) is 8.99. The number of fused-ring (bicyclic) bond motifs is 1. The molecule has 0 spiro atoms. The van der Waals surface area contributed by atoms with Crippen LogP contribution >= 0.6 is 11.8 Å². The summed E-state index contributed by atoms with van der Waals surface area (Å²) >= 11 is 1.72. The molecule has 1 heterocycles. The molecule has 132 valence electrons. The van der Waals surface area contributed by atoms with Crippen LogP contribution in [-0.4, -0.2) is 26.0 Å². The number of hydrogen-bond donors (Lipinski definition) is 1. The van der Waals surface area contributed by atoms with Crippen molar-refractivity contribution in [2.45, 2.75) is 70.1 Å². The number of aliphatic hydroxyl groups is 1. The molecule has 1 saturated carbocycles. The van der Waals surface area contributed by atoms with Gasteiger partial charge in [0.1, 0.15) is 5.82 Å². The third kappa shape index (κ3) is 4.34. The molecule has 0 saturated heterocycles. The summed E-state index contributed by atoms with van der Waals surface area (Å²) in [5.74, 6) is 2.05. The van der Waals surface area contributed by atoms with Gasteiger partial charge in [-0.2, -0.15) is 0 Å². The number of aromatic nitrogens is 2. The molecule has 1 aromatic heterocycles. The quantitative estimate of drug-likeness (QED) is 0.756. The number of benzene rings is 1. The highest BCUT2D eigenvalue weighted by Gasteiger charge is 2.26. The molecule has 24 heavy (non-hydrogen) atoms. The number of aliphatic hydroxyl groups excluding tert-OH is 1. The number of nitrogens with zero attached hydrogens (tertiary/aromatic N) is 2. The van der Waals surface area contributed by atoms with Gasteiger partial charge in [-0.15, -0.1) is 11.8 Å². The largest absolute Gasteiger partial charge is 0.395 e. The van der Waals surface area contributed by atoms with E-state index in [4.69, 9.17) is 4.98 Å². The van der Waals surface area contributed by atoms with E-state index < -0.39 is 0 Å². The summed E-state index contributed by atoms with van der Waals surface area (Å²) in [6, 6.07) is 6.58. The molecule has 0 atom stereocenters. The minimum absolute atomic E-state index is 0.168. The maximum absolute atomic E-state index is 9.51. The van der Waals surface area contributed by atoms with Crippen molar-refractivity contribution in [3.8, 4) is 0 Å². The zero-order valence-electron chi connectivity index (χ0n) is 15.6. The first kappa shape index (κ1) is 17.8. The van der Waals surface area contributed by atoms with E-state index in [2.05, 4.69) is 57.4 Å². The summed E-state index contributed by atoms with van der Waals surface area (Å²) in [7, 11) is 0. The highest BCUT2D eigenvalue weighted by Crippen LogP contribution is 2.36. The molecular weight excluding hydrogens is 316 g/mol. The van der Waals surface area contributed by atoms with Crippen molar-refractivity contribution < 1.29 is 5.11 Å². The molecule has 1 aromatic carbocycles. The Kier molecular flexibility index (Phi) is 4.73. The SMILES string of the molecule is CC(C)(C)Cc1nc2cc(SC(C)(C)CO)ccc2n1CC1CC1. The number of hydrogen-bond acceptors (Lipinski definition) is 3. The zero-order chi connectivity index (χ0) is 17.5. The molecule has 4 heteroatoms. The molecule has 1 fully saturated rings. The molecule has 0 amide bonds. The fraction of sp³-hybridized carbons (Fsp3) is 0.650. The van der Waals surface area contributed by atoms with E-state index in [9.17, 15) is 5.11 Å². The van der Waals surface area contributed by atoms with E-state index in [0.29, 0.717) is 0 Å². The molecule has 1 aliphatic rings. The summed E-state index contributed by atoms with van der Waals surface area (Å²) in [6.07, 6.45) is 3.71. The fourth-order valence-corrected chi connectivity index (χ4v) is 3.96. The van der Waals surface area contributed by atoms with Gasteiger partial charge in [-0.1, -0.05) is 20.8 Å². The summed E-state index contributed by atoms with van der Waals surface area (Å²) < 4.78 is 2.28. The summed E-state index contributed by atoms with van der Waals surface area (Å²) in [5, 5.41) is 9.51. The van der Waals surface area contributed by atoms with Crippen molar-refractivity contribution in [1.82, 2.24) is 9.55 Å². The third-order valence-corrected chi connectivity index (χ3v) is 5.57. The first-order valence-corrected chi connectivity index (χ1v) is 9.78. The summed E-state index contributed by atoms with van der Waals surface area (Å²) in [6.45, 7) is 12.2. The second kappa shape index (κ2) is 6.38. The Labute approximate surface area is 149 Å². The van der Waals surface area contributed by atoms with Crippen LogP contribution in [0.3, 0.4) is 0 Å². The maximum Gasteiger partial charge on any atom is 0.110 e. The van der Waals surface area contributed by atoms with Crippen molar-refractivity contribution in [2.24, 2.45) is 11.3 Å². The average Bonchev–Trinajstić information content (AvgIpc) is 3.21. The van der Waals surface area contributed by atoms with E-state index >= 15 is 0 Å². The van der Waals surface area contributed by atoms with Gasteiger partial charge in [-0.25, -0.2) is 4.98 Å². The van der Waals surface area contributed by atoms with Gasteiger partial charge in [0, 0.05) is 22.6 Å². The standard InChI is InChI=1S/C20H30N2OS/c1-19(2,3)11-18-21-16-10-15(24-20(4,5)13-23)8-9-17(16)22(18)12-14-6-7-14/h8-10,14,23H,6-7,11-13H2,1-5H3. The Hall–Kier alpha value is -1.00. The molecule has 0 bridgehead atoms. The van der Waals surface area contributed by atoms with Crippen LogP contribution in [0.1, 0.15) is 53.3 Å². The van der Waals surface area contributed by atoms with Crippen molar-refractivity contribution in [3.05, 3.63) is 24.0 Å². The first-order valence-electron chi connectivity index (χ1n) is 8.96. The maximum atomic E-state index is 9.51. The van der Waals surface area contributed by atoms with Crippen LogP contribution in [0.15, 0.2) is 23.1 Å². The van der Waals surface area contributed by atoms with Gasteiger partial charge < -0.3 is 9.67 Å². The van der Waals surface area contributed by atoms with E-state index in [1.807, 2.05) is 0 Å². The highest BCUT2D eigenvalue weighted by atomic mass is 32.2. The van der Waals surface area contributed by atoms with E-state index in [0.717, 1.165) is 24.4 Å². The molecule has 0 aliphatic heterocycles. The predicted molar refractivity (Wildman–Crippen MR) is 103 cm³/mol. The van der Waals surface area contributed by atoms with Crippen LogP contribution in [0.5, 0.6) is 0 Å². The minimum atomic E-state index is -0.168. The van der Waals surface area contributed by atoms with Crippen LogP contribution in [0.25, 0.3) is 11.0 Å². The van der Waals surface area contributed by atoms with Gasteiger partial charge in [0.15, 0.2) is 0 Å². The molecular formula is C20H30N2OS. The lowest BCUT2D eigenvalue weighted by Gasteiger charge is -2.20. The van der Waals surface area contributed by atoms with E-state index in [1.165, 1.54) is 29.1 Å². The smallest absolute Gasteiger partial charge is 0.110 e. The summed E-state index contributed by atoms with van der Waals surface area (Å²) in [4.78, 5) is 6.16. The third-order valence-electron chi connectivity index (χ3n) is 4.40. The van der Waals surface area contributed by atoms with Gasteiger partial charge in [0.05, 0.1) is 17.6 Å². The van der Waals surface area contributed by atoms with E-state index in [1.54, 1.807) is 11.8 Å². The van der Waals surface area contributed by atoms with Gasteiger partial charge in [0.2, 0.25) is 0 Å². The Morgan fingerprint density at radius 2 is 1.92 bits per heavy atom. The van der Waals surface area contributed by atoms with Crippen molar-refractivity contribution in [1.29, 1.82) is 0 Å². The van der Waals surface area contributed by atoms with Crippen LogP contribution in [-0.2, 0) is 13.0 Å². The van der Waals surface area contributed by atoms with E-state index in [-0.39, 0.29) is 16.8 Å². The van der Waals surface area contributed by atoms with Crippen molar-refractivity contribution in [3.63, 3.8) is 0 Å². The van der Waals surface area contributed by atoms with Gasteiger partial charge in [-0.3, -0.25) is 0 Å². The topological polar surface area (TPSA) is 38.1 Å². The number of imidazole rings is 1. The first-order chi connectivity index (χ1) is 11.2. The lowest BCUT2D eigenvalue weighted by atomic mass is 9.92. The number of rotatable bonds is 6. The fourth-order valence-electron chi connectivity index (χ4n) is 2.95. The van der Waals surface area contributed by atoms with Crippen LogP contribution in [0.2, 0.25) is 0 Å². The molecule has 3 rings (SSSR count). The van der Waals surface area contributed by atoms with Gasteiger partial charge >= 0.3 is 0 Å². The van der Waals surface area contributed by atoms with Crippen molar-refractivity contribution in [2.75, 3.05) is 6.61 Å². The second-order valence-corrected chi connectivity index (χ2v) is 10.8. The van der Waals surface area contributed by atoms with Crippen LogP contribution in [0, 0.1) is 11.3 Å². The van der Waals surface area contributed by atoms with Crippen LogP contribution in [0.4, 0.5) is 0 Å². The summed E-state index contributed by atoms with van der Waals surface area (Å²) in [5.41, 5.74) is 2.58. The lowest BCUT2D eigenvalue weighted by Crippen LogP contribution is -2.19. The molecule has 3 nitrogen and oxygen atoms in total. The van der Waals surface area contributed by atoms with Crippen molar-refractivity contribution >= 4 is 22.8 Å². The normalized spacial score (nSPS) is 16.1. The lowest BCUT2D eigenvalue weighted by molar-refractivity contribution is 0.265. The Bertz CT molecular complexity index is 723. The Morgan fingerprint density at radius 1 is 1.21 bits per heavy atom. The van der Waals surface area contributed by atoms with Gasteiger partial charge in [0.25, 0.3) is 0 Å². The molecule has 2 aromatic rings. The average molecular weight is 347 g/mol. The van der Waals surface area contributed by atoms with Crippen LogP contribution < -0.4 is 0 Å². The predicted octanol–water partition coefficient (Wildman–Crippen LogP) is 4.90.